The highest BCUT2D eigenvalue weighted by Crippen LogP contribution is 2.38. The molecule has 6 heteroatoms. The number of nitrogens with zero attached hydrogens (tertiary/aromatic N) is 1. The first-order valence-corrected chi connectivity index (χ1v) is 6.36. The molecule has 6 atom stereocenters. The van der Waals surface area contributed by atoms with E-state index in [1.165, 1.54) is 0 Å². The molecular formula is C10H18N2O3S. The summed E-state index contributed by atoms with van der Waals surface area (Å²) in [7, 11) is 1.70. The largest absolute Gasteiger partial charge is 0.393 e. The van der Waals surface area contributed by atoms with E-state index >= 15 is 0 Å². The minimum Gasteiger partial charge on any atom is -0.393 e. The van der Waals surface area contributed by atoms with E-state index in [4.69, 9.17) is 0 Å². The Kier molecular flexibility index (Phi) is 3.44. The van der Waals surface area contributed by atoms with Crippen LogP contribution in [0.25, 0.3) is 0 Å². The molecule has 1 aliphatic heterocycles. The second-order valence-electron chi connectivity index (χ2n) is 4.48. The number of hydrogen-bond acceptors (Lipinski definition) is 5. The summed E-state index contributed by atoms with van der Waals surface area (Å²) < 4.78 is 0. The van der Waals surface area contributed by atoms with Gasteiger partial charge in [0.2, 0.25) is 0 Å². The van der Waals surface area contributed by atoms with E-state index in [9.17, 15) is 15.3 Å². The smallest absolute Gasteiger partial charge is 0.156 e. The lowest BCUT2D eigenvalue weighted by molar-refractivity contribution is -0.0864. The van der Waals surface area contributed by atoms with Crippen molar-refractivity contribution in [1.29, 1.82) is 0 Å². The maximum absolute atomic E-state index is 9.99. The van der Waals surface area contributed by atoms with Crippen LogP contribution in [0.15, 0.2) is 4.99 Å². The van der Waals surface area contributed by atoms with Crippen molar-refractivity contribution in [2.24, 2.45) is 10.9 Å². The summed E-state index contributed by atoms with van der Waals surface area (Å²) in [6, 6.07) is -0.159. The van der Waals surface area contributed by atoms with Gasteiger partial charge in [-0.25, -0.2) is 0 Å². The molecule has 5 unspecified atom stereocenters. The molecule has 16 heavy (non-hydrogen) atoms. The van der Waals surface area contributed by atoms with Crippen molar-refractivity contribution < 1.29 is 15.3 Å². The highest BCUT2D eigenvalue weighted by atomic mass is 32.2. The molecule has 0 aromatic rings. The number of aliphatic hydroxyl groups is 3. The van der Waals surface area contributed by atoms with Crippen LogP contribution in [0.1, 0.15) is 13.3 Å². The Bertz CT molecular complexity index is 298. The standard InChI is InChI=1S/C10H18N2O3S/c1-4(13)5-3-6-7(9(15)8(5)14)12-10(11-2)16-6/h4-9,13-15H,3H2,1-2H3,(H,11,12)/t4-,5?,6?,7?,8?,9?/m0/s1. The number of fused-ring (bicyclic) bond motifs is 1. The van der Waals surface area contributed by atoms with E-state index in [0.29, 0.717) is 6.42 Å². The maximum atomic E-state index is 9.99. The third-order valence-electron chi connectivity index (χ3n) is 3.44. The molecule has 2 fully saturated rings. The lowest BCUT2D eigenvalue weighted by atomic mass is 9.78. The van der Waals surface area contributed by atoms with Gasteiger partial charge in [0.15, 0.2) is 5.17 Å². The van der Waals surface area contributed by atoms with Crippen molar-refractivity contribution in [3.63, 3.8) is 0 Å². The zero-order chi connectivity index (χ0) is 11.9. The fourth-order valence-corrected chi connectivity index (χ4v) is 3.75. The number of aliphatic hydroxyl groups excluding tert-OH is 3. The molecule has 1 saturated heterocycles. The van der Waals surface area contributed by atoms with Gasteiger partial charge in [0, 0.05) is 18.2 Å². The summed E-state index contributed by atoms with van der Waals surface area (Å²) in [4.78, 5) is 4.05. The number of nitrogens with one attached hydrogen (secondary N) is 1. The quantitative estimate of drug-likeness (QED) is 0.485. The Morgan fingerprint density at radius 3 is 2.69 bits per heavy atom. The molecule has 0 bridgehead atoms. The molecule has 92 valence electrons. The number of amidine groups is 1. The van der Waals surface area contributed by atoms with Gasteiger partial charge >= 0.3 is 0 Å². The molecule has 2 aliphatic rings. The highest BCUT2D eigenvalue weighted by Gasteiger charge is 2.48. The van der Waals surface area contributed by atoms with Crippen molar-refractivity contribution in [3.8, 4) is 0 Å². The first-order chi connectivity index (χ1) is 7.54. The third-order valence-corrected chi connectivity index (χ3v) is 4.75. The molecule has 4 N–H and O–H groups in total. The summed E-state index contributed by atoms with van der Waals surface area (Å²) in [6.07, 6.45) is -1.62. The predicted octanol–water partition coefficient (Wildman–Crippen LogP) is -0.832. The van der Waals surface area contributed by atoms with E-state index in [1.807, 2.05) is 0 Å². The normalized spacial score (nSPS) is 47.6. The van der Waals surface area contributed by atoms with E-state index in [1.54, 1.807) is 25.7 Å². The van der Waals surface area contributed by atoms with Crippen LogP contribution in [0.2, 0.25) is 0 Å². The topological polar surface area (TPSA) is 85.1 Å². The van der Waals surface area contributed by atoms with Crippen LogP contribution in [0.5, 0.6) is 0 Å². The van der Waals surface area contributed by atoms with Gasteiger partial charge in [0.25, 0.3) is 0 Å². The zero-order valence-corrected chi connectivity index (χ0v) is 10.2. The number of aliphatic imine (C=N–C) groups is 1. The SMILES string of the molecule is CN=C1NC2C(CC([C@H](C)O)C(O)C2O)S1. The zero-order valence-electron chi connectivity index (χ0n) is 9.37. The van der Waals surface area contributed by atoms with Gasteiger partial charge in [-0.15, -0.1) is 0 Å². The Morgan fingerprint density at radius 1 is 1.44 bits per heavy atom. The summed E-state index contributed by atoms with van der Waals surface area (Å²) >= 11 is 1.58. The van der Waals surface area contributed by atoms with E-state index in [2.05, 4.69) is 10.3 Å². The van der Waals surface area contributed by atoms with Crippen LogP contribution in [0.4, 0.5) is 0 Å². The van der Waals surface area contributed by atoms with Crippen molar-refractivity contribution in [1.82, 2.24) is 5.32 Å². The fourth-order valence-electron chi connectivity index (χ4n) is 2.46. The van der Waals surface area contributed by atoms with Crippen molar-refractivity contribution in [2.45, 2.75) is 42.9 Å². The second kappa shape index (κ2) is 4.52. The Balaban J connectivity index is 2.15. The molecular weight excluding hydrogens is 228 g/mol. The lowest BCUT2D eigenvalue weighted by Gasteiger charge is -2.40. The van der Waals surface area contributed by atoms with Gasteiger partial charge < -0.3 is 20.6 Å². The van der Waals surface area contributed by atoms with Crippen LogP contribution in [0, 0.1) is 5.92 Å². The van der Waals surface area contributed by atoms with Crippen molar-refractivity contribution in [3.05, 3.63) is 0 Å². The van der Waals surface area contributed by atoms with Gasteiger partial charge in [0.1, 0.15) is 6.10 Å². The minimum atomic E-state index is -0.870. The Morgan fingerprint density at radius 2 is 2.12 bits per heavy atom. The molecule has 0 aromatic carbocycles. The van der Waals surface area contributed by atoms with Gasteiger partial charge in [-0.2, -0.15) is 0 Å². The van der Waals surface area contributed by atoms with Gasteiger partial charge in [0.05, 0.1) is 18.2 Å². The molecule has 0 amide bonds. The predicted molar refractivity (Wildman–Crippen MR) is 63.5 cm³/mol. The summed E-state index contributed by atoms with van der Waals surface area (Å²) in [5.41, 5.74) is 0. The van der Waals surface area contributed by atoms with Crippen LogP contribution in [-0.4, -0.2) is 57.1 Å². The first-order valence-electron chi connectivity index (χ1n) is 5.48. The lowest BCUT2D eigenvalue weighted by Crippen LogP contribution is -2.57. The minimum absolute atomic E-state index is 0.159. The van der Waals surface area contributed by atoms with Gasteiger partial charge in [-0.05, 0) is 13.3 Å². The molecule has 0 aromatic heterocycles. The summed E-state index contributed by atoms with van der Waals surface area (Å²) in [5, 5.41) is 33.6. The highest BCUT2D eigenvalue weighted by molar-refractivity contribution is 8.14. The third kappa shape index (κ3) is 1.95. The number of hydrogen-bond donors (Lipinski definition) is 4. The Hall–Kier alpha value is -0.300. The molecule has 5 nitrogen and oxygen atoms in total. The Labute approximate surface area is 99.0 Å². The van der Waals surface area contributed by atoms with Crippen molar-refractivity contribution in [2.75, 3.05) is 7.05 Å². The molecule has 1 heterocycles. The average Bonchev–Trinajstić information content (AvgIpc) is 2.66. The fraction of sp³-hybridized carbons (Fsp3) is 0.900. The molecule has 0 radical (unpaired) electrons. The van der Waals surface area contributed by atoms with Crippen LogP contribution >= 0.6 is 11.8 Å². The second-order valence-corrected chi connectivity index (χ2v) is 5.70. The van der Waals surface area contributed by atoms with Gasteiger partial charge in [-0.1, -0.05) is 11.8 Å². The summed E-state index contributed by atoms with van der Waals surface area (Å²) in [6.45, 7) is 1.66. The molecule has 1 aliphatic carbocycles. The number of rotatable bonds is 1. The van der Waals surface area contributed by atoms with Gasteiger partial charge in [-0.3, -0.25) is 4.99 Å². The molecule has 2 rings (SSSR count). The van der Waals surface area contributed by atoms with Crippen molar-refractivity contribution >= 4 is 16.9 Å². The maximum Gasteiger partial charge on any atom is 0.156 e. The van der Waals surface area contributed by atoms with E-state index in [-0.39, 0.29) is 17.2 Å². The number of thioether (sulfide) groups is 1. The molecule has 0 spiro atoms. The molecule has 1 saturated carbocycles. The monoisotopic (exact) mass is 246 g/mol. The van der Waals surface area contributed by atoms with Crippen LogP contribution in [-0.2, 0) is 0 Å². The van der Waals surface area contributed by atoms with Crippen LogP contribution in [0.3, 0.4) is 0 Å². The summed E-state index contributed by atoms with van der Waals surface area (Å²) in [5.74, 6) is -0.262. The van der Waals surface area contributed by atoms with Crippen LogP contribution < -0.4 is 5.32 Å². The first kappa shape index (κ1) is 12.2. The van der Waals surface area contributed by atoms with E-state index < -0.39 is 18.3 Å². The van der Waals surface area contributed by atoms with E-state index in [0.717, 1.165) is 5.17 Å². The average molecular weight is 246 g/mol.